The standard InChI is InChI=1S/C10H18ClNO/c1-2-10(13)12-9-5-3-4-8(6-9)7-11/h8-9H,2-7H2,1H3,(H,12,13). The van der Waals surface area contributed by atoms with Gasteiger partial charge in [0.05, 0.1) is 0 Å². The third-order valence-corrected chi connectivity index (χ3v) is 3.12. The van der Waals surface area contributed by atoms with E-state index >= 15 is 0 Å². The molecule has 1 rings (SSSR count). The predicted octanol–water partition coefficient (Wildman–Crippen LogP) is 2.31. The number of carbonyl (C=O) groups is 1. The van der Waals surface area contributed by atoms with E-state index in [-0.39, 0.29) is 5.91 Å². The van der Waals surface area contributed by atoms with Crippen molar-refractivity contribution in [2.24, 2.45) is 5.92 Å². The molecule has 76 valence electrons. The number of alkyl halides is 1. The molecule has 2 atom stereocenters. The van der Waals surface area contributed by atoms with E-state index in [0.29, 0.717) is 18.4 Å². The highest BCUT2D eigenvalue weighted by Gasteiger charge is 2.21. The molecule has 0 radical (unpaired) electrons. The van der Waals surface area contributed by atoms with Gasteiger partial charge in [-0.3, -0.25) is 4.79 Å². The molecule has 3 heteroatoms. The Kier molecular flexibility index (Phi) is 4.57. The summed E-state index contributed by atoms with van der Waals surface area (Å²) in [7, 11) is 0. The van der Waals surface area contributed by atoms with Gasteiger partial charge in [0.15, 0.2) is 0 Å². The summed E-state index contributed by atoms with van der Waals surface area (Å²) < 4.78 is 0. The van der Waals surface area contributed by atoms with Crippen LogP contribution in [0, 0.1) is 5.92 Å². The van der Waals surface area contributed by atoms with E-state index < -0.39 is 0 Å². The van der Waals surface area contributed by atoms with Crippen LogP contribution in [0.15, 0.2) is 0 Å². The summed E-state index contributed by atoms with van der Waals surface area (Å²) >= 11 is 5.80. The summed E-state index contributed by atoms with van der Waals surface area (Å²) in [5, 5.41) is 3.04. The summed E-state index contributed by atoms with van der Waals surface area (Å²) in [6, 6.07) is 0.380. The molecule has 1 amide bonds. The number of carbonyl (C=O) groups excluding carboxylic acids is 1. The molecule has 1 N–H and O–H groups in total. The topological polar surface area (TPSA) is 29.1 Å². The Bertz CT molecular complexity index is 172. The zero-order valence-electron chi connectivity index (χ0n) is 8.18. The van der Waals surface area contributed by atoms with Crippen molar-refractivity contribution in [3.8, 4) is 0 Å². The van der Waals surface area contributed by atoms with E-state index in [9.17, 15) is 4.79 Å². The second-order valence-corrected chi connectivity index (χ2v) is 4.11. The van der Waals surface area contributed by atoms with Gasteiger partial charge in [0, 0.05) is 18.3 Å². The molecule has 0 aliphatic heterocycles. The molecule has 0 aromatic carbocycles. The number of nitrogens with one attached hydrogen (secondary N) is 1. The van der Waals surface area contributed by atoms with Crippen LogP contribution in [-0.2, 0) is 4.79 Å². The maximum absolute atomic E-state index is 11.1. The maximum atomic E-state index is 11.1. The van der Waals surface area contributed by atoms with Crippen molar-refractivity contribution in [1.82, 2.24) is 5.32 Å². The molecule has 0 bridgehead atoms. The van der Waals surface area contributed by atoms with Crippen LogP contribution in [0.2, 0.25) is 0 Å². The minimum absolute atomic E-state index is 0.167. The minimum atomic E-state index is 0.167. The van der Waals surface area contributed by atoms with E-state index in [0.717, 1.165) is 18.7 Å². The molecular formula is C10H18ClNO. The summed E-state index contributed by atoms with van der Waals surface area (Å²) in [5.74, 6) is 1.51. The maximum Gasteiger partial charge on any atom is 0.219 e. The highest BCUT2D eigenvalue weighted by Crippen LogP contribution is 2.25. The van der Waals surface area contributed by atoms with Crippen LogP contribution in [0.1, 0.15) is 39.0 Å². The minimum Gasteiger partial charge on any atom is -0.353 e. The predicted molar refractivity (Wildman–Crippen MR) is 54.9 cm³/mol. The van der Waals surface area contributed by atoms with Gasteiger partial charge in [0.1, 0.15) is 0 Å². The average Bonchev–Trinajstić information content (AvgIpc) is 2.18. The molecule has 13 heavy (non-hydrogen) atoms. The summed E-state index contributed by atoms with van der Waals surface area (Å²) in [4.78, 5) is 11.1. The molecule has 2 nitrogen and oxygen atoms in total. The smallest absolute Gasteiger partial charge is 0.219 e. The second-order valence-electron chi connectivity index (χ2n) is 3.80. The molecule has 0 aromatic rings. The van der Waals surface area contributed by atoms with E-state index in [1.54, 1.807) is 0 Å². The molecule has 0 heterocycles. The van der Waals surface area contributed by atoms with Gasteiger partial charge in [-0.05, 0) is 25.2 Å². The molecule has 1 aliphatic rings. The molecule has 2 unspecified atom stereocenters. The number of halogens is 1. The van der Waals surface area contributed by atoms with E-state index in [1.165, 1.54) is 12.8 Å². The molecule has 1 saturated carbocycles. The second kappa shape index (κ2) is 5.48. The largest absolute Gasteiger partial charge is 0.353 e. The first-order valence-electron chi connectivity index (χ1n) is 5.11. The summed E-state index contributed by atoms with van der Waals surface area (Å²) in [6.45, 7) is 1.89. The molecule has 1 aliphatic carbocycles. The molecule has 0 saturated heterocycles. The van der Waals surface area contributed by atoms with Gasteiger partial charge in [0.2, 0.25) is 5.91 Å². The van der Waals surface area contributed by atoms with Gasteiger partial charge >= 0.3 is 0 Å². The number of rotatable bonds is 3. The Morgan fingerprint density at radius 3 is 2.92 bits per heavy atom. The van der Waals surface area contributed by atoms with E-state index in [4.69, 9.17) is 11.6 Å². The zero-order chi connectivity index (χ0) is 9.68. The monoisotopic (exact) mass is 203 g/mol. The van der Waals surface area contributed by atoms with Crippen molar-refractivity contribution >= 4 is 17.5 Å². The van der Waals surface area contributed by atoms with Crippen LogP contribution in [0.3, 0.4) is 0 Å². The van der Waals surface area contributed by atoms with Gasteiger partial charge in [-0.1, -0.05) is 13.3 Å². The Morgan fingerprint density at radius 2 is 2.31 bits per heavy atom. The van der Waals surface area contributed by atoms with Crippen molar-refractivity contribution in [3.05, 3.63) is 0 Å². The van der Waals surface area contributed by atoms with Crippen molar-refractivity contribution < 1.29 is 4.79 Å². The third-order valence-electron chi connectivity index (χ3n) is 2.69. The fourth-order valence-corrected chi connectivity index (χ4v) is 2.17. The van der Waals surface area contributed by atoms with Crippen LogP contribution in [0.4, 0.5) is 0 Å². The van der Waals surface area contributed by atoms with Crippen LogP contribution in [0.25, 0.3) is 0 Å². The van der Waals surface area contributed by atoms with Gasteiger partial charge in [0.25, 0.3) is 0 Å². The van der Waals surface area contributed by atoms with Crippen molar-refractivity contribution in [1.29, 1.82) is 0 Å². The zero-order valence-corrected chi connectivity index (χ0v) is 8.94. The fourth-order valence-electron chi connectivity index (χ4n) is 1.89. The average molecular weight is 204 g/mol. The van der Waals surface area contributed by atoms with Crippen molar-refractivity contribution in [2.75, 3.05) is 5.88 Å². The SMILES string of the molecule is CCC(=O)NC1CCCC(CCl)C1. The van der Waals surface area contributed by atoms with Gasteiger partial charge in [-0.2, -0.15) is 0 Å². The lowest BCUT2D eigenvalue weighted by Gasteiger charge is -2.28. The molecule has 0 aromatic heterocycles. The van der Waals surface area contributed by atoms with Crippen LogP contribution in [-0.4, -0.2) is 17.8 Å². The first-order chi connectivity index (χ1) is 6.26. The Hall–Kier alpha value is -0.240. The summed E-state index contributed by atoms with van der Waals surface area (Å²) in [5.41, 5.74) is 0. The first kappa shape index (κ1) is 10.8. The fraction of sp³-hybridized carbons (Fsp3) is 0.900. The van der Waals surface area contributed by atoms with Crippen molar-refractivity contribution in [3.63, 3.8) is 0 Å². The van der Waals surface area contributed by atoms with Crippen LogP contribution >= 0.6 is 11.6 Å². The molecule has 0 spiro atoms. The van der Waals surface area contributed by atoms with E-state index in [2.05, 4.69) is 5.32 Å². The first-order valence-corrected chi connectivity index (χ1v) is 5.65. The van der Waals surface area contributed by atoms with Gasteiger partial charge in [-0.15, -0.1) is 11.6 Å². The van der Waals surface area contributed by atoms with Gasteiger partial charge in [-0.25, -0.2) is 0 Å². The van der Waals surface area contributed by atoms with Crippen molar-refractivity contribution in [2.45, 2.75) is 45.1 Å². The lowest BCUT2D eigenvalue weighted by atomic mass is 9.87. The number of amides is 1. The third kappa shape index (κ3) is 3.55. The van der Waals surface area contributed by atoms with E-state index in [1.807, 2.05) is 6.92 Å². The highest BCUT2D eigenvalue weighted by atomic mass is 35.5. The Balaban J connectivity index is 2.29. The van der Waals surface area contributed by atoms with Crippen LogP contribution in [0.5, 0.6) is 0 Å². The Morgan fingerprint density at radius 1 is 1.54 bits per heavy atom. The number of hydrogen-bond donors (Lipinski definition) is 1. The molecule has 1 fully saturated rings. The Labute approximate surface area is 85.0 Å². The normalized spacial score (nSPS) is 28.5. The van der Waals surface area contributed by atoms with Gasteiger partial charge < -0.3 is 5.32 Å². The lowest BCUT2D eigenvalue weighted by Crippen LogP contribution is -2.38. The quantitative estimate of drug-likeness (QED) is 0.701. The van der Waals surface area contributed by atoms with Crippen LogP contribution < -0.4 is 5.32 Å². The lowest BCUT2D eigenvalue weighted by molar-refractivity contribution is -0.121. The summed E-state index contributed by atoms with van der Waals surface area (Å²) in [6.07, 6.45) is 5.20. The number of hydrogen-bond acceptors (Lipinski definition) is 1. The molecular weight excluding hydrogens is 186 g/mol. The highest BCUT2D eigenvalue weighted by molar-refractivity contribution is 6.18.